The minimum absolute atomic E-state index is 0.128. The van der Waals surface area contributed by atoms with Crippen LogP contribution in [-0.2, 0) is 0 Å². The molecule has 2 bridgehead atoms. The Morgan fingerprint density at radius 1 is 1.05 bits per heavy atom. The molecule has 2 aliphatic carbocycles. The summed E-state index contributed by atoms with van der Waals surface area (Å²) < 4.78 is 0. The topological polar surface area (TPSA) is 37.8 Å². The first-order valence-corrected chi connectivity index (χ1v) is 8.99. The van der Waals surface area contributed by atoms with Crippen LogP contribution in [0.2, 0.25) is 0 Å². The van der Waals surface area contributed by atoms with Gasteiger partial charge in [0.2, 0.25) is 5.13 Å². The van der Waals surface area contributed by atoms with Gasteiger partial charge in [0.15, 0.2) is 0 Å². The van der Waals surface area contributed by atoms with Gasteiger partial charge in [0.1, 0.15) is 5.01 Å². The Bertz CT molecular complexity index is 679. The van der Waals surface area contributed by atoms with Crippen molar-refractivity contribution in [3.63, 3.8) is 0 Å². The maximum atomic E-state index is 4.41. The normalized spacial score (nSPS) is 32.3. The molecule has 2 aliphatic rings. The van der Waals surface area contributed by atoms with Crippen LogP contribution < -0.4 is 5.32 Å². The average molecular weight is 313 g/mol. The van der Waals surface area contributed by atoms with Gasteiger partial charge in [0.25, 0.3) is 0 Å². The number of hydrogen-bond donors (Lipinski definition) is 1. The van der Waals surface area contributed by atoms with E-state index in [1.807, 2.05) is 18.2 Å². The Labute approximate surface area is 136 Å². The first-order valence-electron chi connectivity index (χ1n) is 8.18. The third-order valence-corrected chi connectivity index (χ3v) is 7.31. The number of fused-ring (bicyclic) bond motifs is 2. The zero-order valence-corrected chi connectivity index (χ0v) is 14.3. The van der Waals surface area contributed by atoms with Crippen LogP contribution in [0.25, 0.3) is 10.6 Å². The second-order valence-electron chi connectivity index (χ2n) is 7.53. The number of anilines is 1. The van der Waals surface area contributed by atoms with Crippen LogP contribution in [0.4, 0.5) is 5.13 Å². The van der Waals surface area contributed by atoms with Gasteiger partial charge in [-0.2, -0.15) is 0 Å². The van der Waals surface area contributed by atoms with Crippen molar-refractivity contribution < 1.29 is 0 Å². The molecule has 0 spiro atoms. The molecule has 22 heavy (non-hydrogen) atoms. The monoisotopic (exact) mass is 313 g/mol. The van der Waals surface area contributed by atoms with Crippen LogP contribution >= 0.6 is 11.3 Å². The van der Waals surface area contributed by atoms with Gasteiger partial charge in [-0.3, -0.25) is 0 Å². The number of aromatic nitrogens is 2. The predicted octanol–water partition coefficient (Wildman–Crippen LogP) is 4.83. The first-order chi connectivity index (χ1) is 10.5. The van der Waals surface area contributed by atoms with Gasteiger partial charge in [-0.15, -0.1) is 10.2 Å². The van der Waals surface area contributed by atoms with Crippen LogP contribution in [0, 0.1) is 17.3 Å². The van der Waals surface area contributed by atoms with E-state index in [2.05, 4.69) is 48.4 Å². The van der Waals surface area contributed by atoms with E-state index in [0.717, 1.165) is 27.5 Å². The van der Waals surface area contributed by atoms with E-state index < -0.39 is 0 Å². The molecule has 0 amide bonds. The summed E-state index contributed by atoms with van der Waals surface area (Å²) in [6.07, 6.45) is 4.10. The molecular formula is C18H23N3S. The van der Waals surface area contributed by atoms with Gasteiger partial charge in [-0.25, -0.2) is 0 Å². The molecule has 0 saturated heterocycles. The maximum Gasteiger partial charge on any atom is 0.206 e. The van der Waals surface area contributed by atoms with Gasteiger partial charge < -0.3 is 5.32 Å². The van der Waals surface area contributed by atoms with Crippen LogP contribution in [0.3, 0.4) is 0 Å². The highest BCUT2D eigenvalue weighted by atomic mass is 32.1. The van der Waals surface area contributed by atoms with E-state index in [1.54, 1.807) is 11.3 Å². The fourth-order valence-electron chi connectivity index (χ4n) is 4.57. The van der Waals surface area contributed by atoms with Crippen molar-refractivity contribution >= 4 is 16.5 Å². The molecule has 2 aromatic rings. The smallest absolute Gasteiger partial charge is 0.206 e. The van der Waals surface area contributed by atoms with Gasteiger partial charge >= 0.3 is 0 Å². The molecule has 1 aromatic carbocycles. The summed E-state index contributed by atoms with van der Waals surface area (Å²) in [5.41, 5.74) is 1.59. The summed E-state index contributed by atoms with van der Waals surface area (Å²) in [5, 5.41) is 14.5. The quantitative estimate of drug-likeness (QED) is 0.881. The van der Waals surface area contributed by atoms with E-state index in [4.69, 9.17) is 0 Å². The van der Waals surface area contributed by atoms with E-state index in [9.17, 15) is 0 Å². The third kappa shape index (κ3) is 1.93. The minimum Gasteiger partial charge on any atom is -0.354 e. The van der Waals surface area contributed by atoms with E-state index in [0.29, 0.717) is 5.41 Å². The number of nitrogens with one attached hydrogen (secondary N) is 1. The molecule has 3 nitrogen and oxygen atoms in total. The summed E-state index contributed by atoms with van der Waals surface area (Å²) >= 11 is 1.67. The standard InChI is InChI=1S/C18H23N3S/c1-17(2)13-9-10-14(11-13)18(17,3)19-16-21-20-15(22-16)12-7-5-4-6-8-12/h4-8,13-14H,9-11H2,1-3H3,(H,19,21). The fourth-order valence-corrected chi connectivity index (χ4v) is 5.43. The van der Waals surface area contributed by atoms with Crippen LogP contribution in [-0.4, -0.2) is 15.7 Å². The number of benzene rings is 1. The summed E-state index contributed by atoms with van der Waals surface area (Å²) in [5.74, 6) is 1.60. The van der Waals surface area contributed by atoms with Crippen molar-refractivity contribution in [2.75, 3.05) is 5.32 Å². The molecule has 3 atom stereocenters. The summed E-state index contributed by atoms with van der Waals surface area (Å²) in [4.78, 5) is 0. The SMILES string of the molecule is CC1(C)C2CCC(C2)C1(C)Nc1nnc(-c2ccccc2)s1. The van der Waals surface area contributed by atoms with Crippen molar-refractivity contribution in [2.24, 2.45) is 17.3 Å². The van der Waals surface area contributed by atoms with Crippen molar-refractivity contribution in [3.8, 4) is 10.6 Å². The zero-order valence-electron chi connectivity index (χ0n) is 13.5. The van der Waals surface area contributed by atoms with E-state index >= 15 is 0 Å². The molecule has 116 valence electrons. The molecule has 4 heteroatoms. The lowest BCUT2D eigenvalue weighted by atomic mass is 9.64. The van der Waals surface area contributed by atoms with Gasteiger partial charge in [-0.05, 0) is 43.4 Å². The Balaban J connectivity index is 1.61. The molecule has 4 rings (SSSR count). The van der Waals surface area contributed by atoms with Crippen LogP contribution in [0.5, 0.6) is 0 Å². The number of rotatable bonds is 3. The summed E-state index contributed by atoms with van der Waals surface area (Å²) in [6, 6.07) is 10.3. The fraction of sp³-hybridized carbons (Fsp3) is 0.556. The highest BCUT2D eigenvalue weighted by Crippen LogP contribution is 2.62. The zero-order chi connectivity index (χ0) is 15.4. The average Bonchev–Trinajstić information content (AvgIpc) is 3.19. The maximum absolute atomic E-state index is 4.41. The molecule has 1 heterocycles. The molecule has 1 aromatic heterocycles. The van der Waals surface area contributed by atoms with Crippen LogP contribution in [0.15, 0.2) is 30.3 Å². The molecular weight excluding hydrogens is 290 g/mol. The van der Waals surface area contributed by atoms with E-state index in [1.165, 1.54) is 19.3 Å². The second kappa shape index (κ2) is 4.79. The highest BCUT2D eigenvalue weighted by molar-refractivity contribution is 7.18. The largest absolute Gasteiger partial charge is 0.354 e. The number of nitrogens with zero attached hydrogens (tertiary/aromatic N) is 2. The van der Waals surface area contributed by atoms with Crippen LogP contribution in [0.1, 0.15) is 40.0 Å². The third-order valence-electron chi connectivity index (χ3n) is 6.42. The Kier molecular flexibility index (Phi) is 3.09. The summed E-state index contributed by atoms with van der Waals surface area (Å²) in [7, 11) is 0. The number of hydrogen-bond acceptors (Lipinski definition) is 4. The molecule has 0 aliphatic heterocycles. The molecule has 3 unspecified atom stereocenters. The molecule has 1 N–H and O–H groups in total. The Hall–Kier alpha value is -1.42. The highest BCUT2D eigenvalue weighted by Gasteiger charge is 2.60. The Morgan fingerprint density at radius 2 is 1.77 bits per heavy atom. The van der Waals surface area contributed by atoms with E-state index in [-0.39, 0.29) is 5.54 Å². The predicted molar refractivity (Wildman–Crippen MR) is 92.0 cm³/mol. The molecule has 2 fully saturated rings. The molecule has 0 radical (unpaired) electrons. The first kappa shape index (κ1) is 14.2. The lowest BCUT2D eigenvalue weighted by molar-refractivity contribution is 0.119. The summed E-state index contributed by atoms with van der Waals surface area (Å²) in [6.45, 7) is 7.23. The van der Waals surface area contributed by atoms with Crippen molar-refractivity contribution in [1.82, 2.24) is 10.2 Å². The second-order valence-corrected chi connectivity index (χ2v) is 8.51. The lowest BCUT2D eigenvalue weighted by Crippen LogP contribution is -2.52. The lowest BCUT2D eigenvalue weighted by Gasteiger charge is -2.48. The minimum atomic E-state index is 0.128. The Morgan fingerprint density at radius 3 is 2.45 bits per heavy atom. The van der Waals surface area contributed by atoms with Gasteiger partial charge in [0.05, 0.1) is 0 Å². The van der Waals surface area contributed by atoms with Gasteiger partial charge in [-0.1, -0.05) is 55.5 Å². The van der Waals surface area contributed by atoms with Crippen molar-refractivity contribution in [1.29, 1.82) is 0 Å². The molecule has 2 saturated carbocycles. The van der Waals surface area contributed by atoms with Crippen molar-refractivity contribution in [3.05, 3.63) is 30.3 Å². The van der Waals surface area contributed by atoms with Gasteiger partial charge in [0, 0.05) is 11.1 Å². The van der Waals surface area contributed by atoms with Crippen molar-refractivity contribution in [2.45, 2.75) is 45.6 Å².